The van der Waals surface area contributed by atoms with Gasteiger partial charge in [0.2, 0.25) is 0 Å². The molecule has 2 aromatic carbocycles. The number of ether oxygens (including phenoxy) is 2. The van der Waals surface area contributed by atoms with Crippen molar-refractivity contribution in [2.24, 2.45) is 5.92 Å². The second-order valence-corrected chi connectivity index (χ2v) is 7.12. The van der Waals surface area contributed by atoms with Crippen molar-refractivity contribution in [1.29, 1.82) is 0 Å². The highest BCUT2D eigenvalue weighted by molar-refractivity contribution is 9.09. The first-order valence-corrected chi connectivity index (χ1v) is 9.66. The molecule has 0 bridgehead atoms. The third kappa shape index (κ3) is 6.42. The van der Waals surface area contributed by atoms with Gasteiger partial charge >= 0.3 is 0 Å². The van der Waals surface area contributed by atoms with Crippen LogP contribution in [0.25, 0.3) is 10.8 Å². The quantitative estimate of drug-likeness (QED) is 0.361. The third-order valence-electron chi connectivity index (χ3n) is 3.66. The van der Waals surface area contributed by atoms with E-state index in [0.717, 1.165) is 36.5 Å². The molecule has 0 aromatic heterocycles. The van der Waals surface area contributed by atoms with Crippen molar-refractivity contribution in [2.45, 2.75) is 39.5 Å². The van der Waals surface area contributed by atoms with E-state index in [1.807, 2.05) is 12.1 Å². The van der Waals surface area contributed by atoms with E-state index in [-0.39, 0.29) is 0 Å². The molecule has 0 aliphatic heterocycles. The van der Waals surface area contributed by atoms with Gasteiger partial charge in [0.15, 0.2) is 0 Å². The molecule has 2 nitrogen and oxygen atoms in total. The van der Waals surface area contributed by atoms with E-state index in [9.17, 15) is 0 Å². The molecule has 0 fully saturated rings. The Hall–Kier alpha value is -1.22. The monoisotopic (exact) mass is 378 g/mol. The summed E-state index contributed by atoms with van der Waals surface area (Å²) < 4.78 is 11.6. The molecule has 0 aliphatic rings. The van der Waals surface area contributed by atoms with Gasteiger partial charge in [-0.15, -0.1) is 0 Å². The fourth-order valence-corrected chi connectivity index (χ4v) is 2.78. The Morgan fingerprint density at radius 3 is 2.04 bits per heavy atom. The Labute approximate surface area is 148 Å². The van der Waals surface area contributed by atoms with Crippen molar-refractivity contribution in [3.05, 3.63) is 36.4 Å². The molecular formula is C20H27BrO2. The molecule has 0 unspecified atom stereocenters. The lowest BCUT2D eigenvalue weighted by atomic mass is 10.1. The summed E-state index contributed by atoms with van der Waals surface area (Å²) in [5.74, 6) is 2.43. The van der Waals surface area contributed by atoms with Gasteiger partial charge in [0.25, 0.3) is 0 Å². The van der Waals surface area contributed by atoms with Crippen LogP contribution in [0.5, 0.6) is 11.5 Å². The molecule has 3 heteroatoms. The standard InChI is InChI=1S/C20H27BrO2/c1-16(2)15-23-20-10-8-17-13-19(9-7-18(17)14-20)22-12-6-4-3-5-11-21/h7-10,13-14,16H,3-6,11-12,15H2,1-2H3. The smallest absolute Gasteiger partial charge is 0.119 e. The largest absolute Gasteiger partial charge is 0.494 e. The second kappa shape index (κ2) is 9.82. The second-order valence-electron chi connectivity index (χ2n) is 6.33. The van der Waals surface area contributed by atoms with Crippen LogP contribution in [0.1, 0.15) is 39.5 Å². The molecule has 0 spiro atoms. The van der Waals surface area contributed by atoms with Crippen molar-refractivity contribution in [2.75, 3.05) is 18.5 Å². The predicted octanol–water partition coefficient (Wildman–Crippen LogP) is 6.21. The maximum atomic E-state index is 5.86. The van der Waals surface area contributed by atoms with Crippen LogP contribution in [0.4, 0.5) is 0 Å². The van der Waals surface area contributed by atoms with Crippen LogP contribution in [0.3, 0.4) is 0 Å². The number of hydrogen-bond acceptors (Lipinski definition) is 2. The average Bonchev–Trinajstić information content (AvgIpc) is 2.56. The highest BCUT2D eigenvalue weighted by Gasteiger charge is 2.02. The Kier molecular flexibility index (Phi) is 7.73. The first-order valence-electron chi connectivity index (χ1n) is 8.54. The van der Waals surface area contributed by atoms with Crippen LogP contribution in [0.15, 0.2) is 36.4 Å². The summed E-state index contributed by atoms with van der Waals surface area (Å²) in [5.41, 5.74) is 0. The molecule has 0 N–H and O–H groups in total. The van der Waals surface area contributed by atoms with Gasteiger partial charge in [-0.25, -0.2) is 0 Å². The summed E-state index contributed by atoms with van der Waals surface area (Å²) in [6.07, 6.45) is 4.87. The van der Waals surface area contributed by atoms with Gasteiger partial charge < -0.3 is 9.47 Å². The van der Waals surface area contributed by atoms with Gasteiger partial charge in [0.1, 0.15) is 11.5 Å². The SMILES string of the molecule is CC(C)COc1ccc2cc(OCCCCCCBr)ccc2c1. The Balaban J connectivity index is 1.88. The molecular weight excluding hydrogens is 352 g/mol. The zero-order valence-corrected chi connectivity index (χ0v) is 15.8. The van der Waals surface area contributed by atoms with Crippen molar-refractivity contribution in [1.82, 2.24) is 0 Å². The molecule has 0 saturated heterocycles. The van der Waals surface area contributed by atoms with Crippen LogP contribution in [-0.2, 0) is 0 Å². The Morgan fingerprint density at radius 2 is 1.43 bits per heavy atom. The number of alkyl halides is 1. The summed E-state index contributed by atoms with van der Waals surface area (Å²) in [6.45, 7) is 5.86. The Bertz CT molecular complexity index is 595. The number of fused-ring (bicyclic) bond motifs is 1. The van der Waals surface area contributed by atoms with Gasteiger partial charge in [-0.05, 0) is 53.8 Å². The first-order chi connectivity index (χ1) is 11.2. The van der Waals surface area contributed by atoms with Crippen LogP contribution in [-0.4, -0.2) is 18.5 Å². The van der Waals surface area contributed by atoms with E-state index < -0.39 is 0 Å². The topological polar surface area (TPSA) is 18.5 Å². The van der Waals surface area contributed by atoms with E-state index >= 15 is 0 Å². The van der Waals surface area contributed by atoms with Crippen molar-refractivity contribution >= 4 is 26.7 Å². The van der Waals surface area contributed by atoms with E-state index in [1.54, 1.807) is 0 Å². The minimum atomic E-state index is 0.538. The Morgan fingerprint density at radius 1 is 0.826 bits per heavy atom. The van der Waals surface area contributed by atoms with E-state index in [2.05, 4.69) is 54.0 Å². The van der Waals surface area contributed by atoms with Crippen molar-refractivity contribution in [3.63, 3.8) is 0 Å². The van der Waals surface area contributed by atoms with Gasteiger partial charge in [0, 0.05) is 5.33 Å². The van der Waals surface area contributed by atoms with Gasteiger partial charge in [-0.2, -0.15) is 0 Å². The van der Waals surface area contributed by atoms with E-state index in [0.29, 0.717) is 5.92 Å². The predicted molar refractivity (Wildman–Crippen MR) is 102 cm³/mol. The number of halogens is 1. The van der Waals surface area contributed by atoms with Crippen LogP contribution in [0, 0.1) is 5.92 Å². The van der Waals surface area contributed by atoms with Crippen LogP contribution < -0.4 is 9.47 Å². The maximum Gasteiger partial charge on any atom is 0.119 e. The van der Waals surface area contributed by atoms with E-state index in [1.165, 1.54) is 30.0 Å². The molecule has 23 heavy (non-hydrogen) atoms. The summed E-state index contributed by atoms with van der Waals surface area (Å²) >= 11 is 3.46. The number of unbranched alkanes of at least 4 members (excludes halogenated alkanes) is 3. The molecule has 0 saturated carbocycles. The third-order valence-corrected chi connectivity index (χ3v) is 4.22. The summed E-state index contributed by atoms with van der Waals surface area (Å²) in [5, 5.41) is 3.48. The molecule has 2 aromatic rings. The minimum absolute atomic E-state index is 0.538. The number of benzene rings is 2. The van der Waals surface area contributed by atoms with Crippen LogP contribution in [0.2, 0.25) is 0 Å². The lowest BCUT2D eigenvalue weighted by molar-refractivity contribution is 0.271. The lowest BCUT2D eigenvalue weighted by Crippen LogP contribution is -2.04. The van der Waals surface area contributed by atoms with Gasteiger partial charge in [-0.1, -0.05) is 54.8 Å². The summed E-state index contributed by atoms with van der Waals surface area (Å²) in [6, 6.07) is 12.5. The molecule has 0 atom stereocenters. The molecule has 0 radical (unpaired) electrons. The molecule has 2 rings (SSSR count). The highest BCUT2D eigenvalue weighted by Crippen LogP contribution is 2.25. The minimum Gasteiger partial charge on any atom is -0.494 e. The first kappa shape index (κ1) is 18.1. The zero-order chi connectivity index (χ0) is 16.5. The fraction of sp³-hybridized carbons (Fsp3) is 0.500. The number of hydrogen-bond donors (Lipinski definition) is 0. The summed E-state index contributed by atoms with van der Waals surface area (Å²) in [7, 11) is 0. The van der Waals surface area contributed by atoms with E-state index in [4.69, 9.17) is 9.47 Å². The highest BCUT2D eigenvalue weighted by atomic mass is 79.9. The zero-order valence-electron chi connectivity index (χ0n) is 14.2. The average molecular weight is 379 g/mol. The molecule has 0 aliphatic carbocycles. The fourth-order valence-electron chi connectivity index (χ4n) is 2.38. The van der Waals surface area contributed by atoms with Crippen molar-refractivity contribution < 1.29 is 9.47 Å². The van der Waals surface area contributed by atoms with Crippen molar-refractivity contribution in [3.8, 4) is 11.5 Å². The van der Waals surface area contributed by atoms with Gasteiger partial charge in [0.05, 0.1) is 13.2 Å². The molecule has 126 valence electrons. The lowest BCUT2D eigenvalue weighted by Gasteiger charge is -2.10. The molecule has 0 heterocycles. The number of rotatable bonds is 10. The van der Waals surface area contributed by atoms with Crippen LogP contribution >= 0.6 is 15.9 Å². The summed E-state index contributed by atoms with van der Waals surface area (Å²) in [4.78, 5) is 0. The maximum absolute atomic E-state index is 5.86. The van der Waals surface area contributed by atoms with Gasteiger partial charge in [-0.3, -0.25) is 0 Å². The normalized spacial score (nSPS) is 11.1. The molecule has 0 amide bonds.